The number of fused-ring (bicyclic) bond motifs is 1. The van der Waals surface area contributed by atoms with Gasteiger partial charge in [-0.2, -0.15) is 13.2 Å². The lowest BCUT2D eigenvalue weighted by Crippen LogP contribution is -2.39. The number of halogens is 3. The van der Waals surface area contributed by atoms with Crippen molar-refractivity contribution in [2.75, 3.05) is 33.2 Å². The van der Waals surface area contributed by atoms with Crippen molar-refractivity contribution in [2.24, 2.45) is 4.99 Å². The second kappa shape index (κ2) is 8.93. The van der Waals surface area contributed by atoms with E-state index in [1.54, 1.807) is 0 Å². The molecule has 1 aromatic carbocycles. The molecule has 1 unspecified atom stereocenters. The van der Waals surface area contributed by atoms with Crippen LogP contribution in [0.3, 0.4) is 0 Å². The zero-order valence-electron chi connectivity index (χ0n) is 15.2. The monoisotopic (exact) mass is 370 g/mol. The first-order valence-electron chi connectivity index (χ1n) is 8.57. The fourth-order valence-corrected chi connectivity index (χ4v) is 2.53. The Morgan fingerprint density at radius 3 is 2.69 bits per heavy atom. The normalized spacial score (nSPS) is 14.0. The molecule has 1 atom stereocenters. The summed E-state index contributed by atoms with van der Waals surface area (Å²) in [6, 6.07) is 9.58. The number of hydrogen-bond acceptors (Lipinski definition) is 3. The summed E-state index contributed by atoms with van der Waals surface area (Å²) in [7, 11) is 1.43. The lowest BCUT2D eigenvalue weighted by molar-refractivity contribution is -0.142. The molecule has 5 nitrogen and oxygen atoms in total. The Balaban J connectivity index is 1.95. The van der Waals surface area contributed by atoms with Crippen LogP contribution in [0.5, 0.6) is 0 Å². The van der Waals surface area contributed by atoms with E-state index in [4.69, 9.17) is 4.42 Å². The van der Waals surface area contributed by atoms with Crippen LogP contribution in [0, 0.1) is 0 Å². The standard InChI is InChI=1S/C18H25F3N4O/c1-4-22-17(23-9-10-25(3)12-18(19,20)21)24-13(2)16-11-14-7-5-6-8-15(14)26-16/h5-8,11,13H,4,9-10,12H2,1-3H3,(H2,22,23,24). The summed E-state index contributed by atoms with van der Waals surface area (Å²) in [6.45, 7) is 4.06. The molecular weight excluding hydrogens is 345 g/mol. The zero-order valence-corrected chi connectivity index (χ0v) is 15.2. The van der Waals surface area contributed by atoms with Crippen molar-refractivity contribution in [3.63, 3.8) is 0 Å². The molecule has 0 bridgehead atoms. The number of nitrogens with zero attached hydrogens (tertiary/aromatic N) is 2. The quantitative estimate of drug-likeness (QED) is 0.578. The maximum Gasteiger partial charge on any atom is 0.401 e. The molecule has 0 aliphatic heterocycles. The highest BCUT2D eigenvalue weighted by Crippen LogP contribution is 2.23. The Bertz CT molecular complexity index is 694. The number of benzene rings is 1. The van der Waals surface area contributed by atoms with Crippen LogP contribution in [0.2, 0.25) is 0 Å². The van der Waals surface area contributed by atoms with Gasteiger partial charge in [0.2, 0.25) is 0 Å². The van der Waals surface area contributed by atoms with Gasteiger partial charge in [0.1, 0.15) is 11.3 Å². The molecule has 1 aromatic heterocycles. The third-order valence-corrected chi connectivity index (χ3v) is 3.77. The fraction of sp³-hybridized carbons (Fsp3) is 0.500. The highest BCUT2D eigenvalue weighted by Gasteiger charge is 2.28. The molecule has 0 radical (unpaired) electrons. The number of alkyl halides is 3. The van der Waals surface area contributed by atoms with Crippen molar-refractivity contribution in [3.05, 3.63) is 36.1 Å². The average Bonchev–Trinajstić information content (AvgIpc) is 2.97. The summed E-state index contributed by atoms with van der Waals surface area (Å²) in [5.74, 6) is 1.31. The lowest BCUT2D eigenvalue weighted by atomic mass is 10.2. The number of likely N-dealkylation sites (N-methyl/N-ethyl adjacent to an activating group) is 1. The van der Waals surface area contributed by atoms with Crippen molar-refractivity contribution >= 4 is 16.9 Å². The summed E-state index contributed by atoms with van der Waals surface area (Å²) in [5.41, 5.74) is 0.812. The van der Waals surface area contributed by atoms with Crippen molar-refractivity contribution in [3.8, 4) is 0 Å². The summed E-state index contributed by atoms with van der Waals surface area (Å²) in [5, 5.41) is 7.34. The molecule has 2 rings (SSSR count). The van der Waals surface area contributed by atoms with Gasteiger partial charge in [-0.15, -0.1) is 0 Å². The molecule has 0 saturated carbocycles. The minimum Gasteiger partial charge on any atom is -0.459 e. The maximum atomic E-state index is 12.3. The van der Waals surface area contributed by atoms with Gasteiger partial charge in [-0.3, -0.25) is 9.89 Å². The first-order chi connectivity index (χ1) is 12.3. The van der Waals surface area contributed by atoms with Gasteiger partial charge in [-0.05, 0) is 33.0 Å². The largest absolute Gasteiger partial charge is 0.459 e. The second-order valence-corrected chi connectivity index (χ2v) is 6.17. The Hall–Kier alpha value is -2.22. The van der Waals surface area contributed by atoms with Crippen LogP contribution in [0.15, 0.2) is 39.7 Å². The van der Waals surface area contributed by atoms with Crippen molar-refractivity contribution < 1.29 is 17.6 Å². The fourth-order valence-electron chi connectivity index (χ4n) is 2.53. The van der Waals surface area contributed by atoms with Crippen LogP contribution in [-0.2, 0) is 0 Å². The predicted molar refractivity (Wildman–Crippen MR) is 97.3 cm³/mol. The summed E-state index contributed by atoms with van der Waals surface area (Å²) >= 11 is 0. The molecule has 2 aromatic rings. The van der Waals surface area contributed by atoms with E-state index in [-0.39, 0.29) is 19.1 Å². The molecule has 2 N–H and O–H groups in total. The Morgan fingerprint density at radius 2 is 2.04 bits per heavy atom. The lowest BCUT2D eigenvalue weighted by Gasteiger charge is -2.19. The van der Waals surface area contributed by atoms with Gasteiger partial charge in [0.25, 0.3) is 0 Å². The minimum absolute atomic E-state index is 0.131. The Kier molecular flexibility index (Phi) is 6.90. The third-order valence-electron chi connectivity index (χ3n) is 3.77. The van der Waals surface area contributed by atoms with Crippen LogP contribution in [0.1, 0.15) is 25.6 Å². The average molecular weight is 370 g/mol. The van der Waals surface area contributed by atoms with E-state index >= 15 is 0 Å². The van der Waals surface area contributed by atoms with E-state index < -0.39 is 12.7 Å². The summed E-state index contributed by atoms with van der Waals surface area (Å²) in [4.78, 5) is 5.55. The highest BCUT2D eigenvalue weighted by molar-refractivity contribution is 5.81. The maximum absolute atomic E-state index is 12.3. The molecule has 26 heavy (non-hydrogen) atoms. The zero-order chi connectivity index (χ0) is 19.2. The molecule has 0 spiro atoms. The molecule has 0 aliphatic carbocycles. The predicted octanol–water partition coefficient (Wildman–Crippen LogP) is 3.54. The summed E-state index contributed by atoms with van der Waals surface area (Å²) in [6.07, 6.45) is -4.20. The minimum atomic E-state index is -4.20. The van der Waals surface area contributed by atoms with Gasteiger partial charge in [0.15, 0.2) is 5.96 Å². The van der Waals surface area contributed by atoms with E-state index in [9.17, 15) is 13.2 Å². The molecule has 0 saturated heterocycles. The number of rotatable bonds is 7. The van der Waals surface area contributed by atoms with Crippen LogP contribution >= 0.6 is 0 Å². The number of nitrogens with one attached hydrogen (secondary N) is 2. The molecule has 1 heterocycles. The van der Waals surface area contributed by atoms with E-state index in [0.717, 1.165) is 16.7 Å². The smallest absolute Gasteiger partial charge is 0.401 e. The number of furan rings is 1. The van der Waals surface area contributed by atoms with E-state index in [0.29, 0.717) is 12.5 Å². The van der Waals surface area contributed by atoms with Gasteiger partial charge in [0.05, 0.1) is 19.1 Å². The Labute approximate surface area is 151 Å². The molecule has 0 amide bonds. The van der Waals surface area contributed by atoms with Crippen molar-refractivity contribution in [2.45, 2.75) is 26.1 Å². The first-order valence-corrected chi connectivity index (χ1v) is 8.57. The van der Waals surface area contributed by atoms with Gasteiger partial charge >= 0.3 is 6.18 Å². The first kappa shape index (κ1) is 20.1. The van der Waals surface area contributed by atoms with Crippen LogP contribution < -0.4 is 10.6 Å². The summed E-state index contributed by atoms with van der Waals surface area (Å²) < 4.78 is 42.9. The van der Waals surface area contributed by atoms with Gasteiger partial charge < -0.3 is 15.1 Å². The Morgan fingerprint density at radius 1 is 1.31 bits per heavy atom. The third kappa shape index (κ3) is 6.25. The number of guanidine groups is 1. The van der Waals surface area contributed by atoms with Crippen LogP contribution in [0.25, 0.3) is 11.0 Å². The molecule has 8 heteroatoms. The van der Waals surface area contributed by atoms with E-state index in [1.165, 1.54) is 11.9 Å². The number of para-hydroxylation sites is 1. The van der Waals surface area contributed by atoms with Crippen LogP contribution in [0.4, 0.5) is 13.2 Å². The van der Waals surface area contributed by atoms with Crippen LogP contribution in [-0.4, -0.2) is 50.3 Å². The highest BCUT2D eigenvalue weighted by atomic mass is 19.4. The molecule has 0 fully saturated rings. The molecular formula is C18H25F3N4O. The topological polar surface area (TPSA) is 52.8 Å². The van der Waals surface area contributed by atoms with Gasteiger partial charge in [-0.25, -0.2) is 0 Å². The second-order valence-electron chi connectivity index (χ2n) is 6.17. The SMILES string of the molecule is CCNC(=NCCN(C)CC(F)(F)F)NC(C)c1cc2ccccc2o1. The van der Waals surface area contributed by atoms with Crippen molar-refractivity contribution in [1.29, 1.82) is 0 Å². The molecule has 144 valence electrons. The van der Waals surface area contributed by atoms with E-state index in [2.05, 4.69) is 15.6 Å². The van der Waals surface area contributed by atoms with Gasteiger partial charge in [0, 0.05) is 18.5 Å². The number of hydrogen-bond donors (Lipinski definition) is 2. The number of aliphatic imine (C=N–C) groups is 1. The van der Waals surface area contributed by atoms with Crippen molar-refractivity contribution in [1.82, 2.24) is 15.5 Å². The van der Waals surface area contributed by atoms with E-state index in [1.807, 2.05) is 44.2 Å². The van der Waals surface area contributed by atoms with Gasteiger partial charge in [-0.1, -0.05) is 18.2 Å². The molecule has 0 aliphatic rings.